The van der Waals surface area contributed by atoms with E-state index in [0.29, 0.717) is 5.39 Å². The summed E-state index contributed by atoms with van der Waals surface area (Å²) < 4.78 is 2.00. The smallest absolute Gasteiger partial charge is 0.256 e. The number of aromatic amines is 1. The van der Waals surface area contributed by atoms with Crippen LogP contribution < -0.4 is 5.56 Å². The Morgan fingerprint density at radius 3 is 2.74 bits per heavy atom. The number of hydrogen-bond acceptors (Lipinski definition) is 2. The van der Waals surface area contributed by atoms with Gasteiger partial charge in [-0.05, 0) is 11.5 Å². The van der Waals surface area contributed by atoms with Crippen LogP contribution in [0.2, 0.25) is 0 Å². The molecule has 4 rings (SSSR count). The third-order valence-electron chi connectivity index (χ3n) is 3.60. The van der Waals surface area contributed by atoms with Gasteiger partial charge in [0.15, 0.2) is 0 Å². The second-order valence-electron chi connectivity index (χ2n) is 4.69. The topological polar surface area (TPSA) is 50.7 Å². The zero-order valence-corrected chi connectivity index (χ0v) is 10.3. The number of hydrogen-bond donors (Lipinski definition) is 1. The van der Waals surface area contributed by atoms with Crippen LogP contribution in [0.4, 0.5) is 0 Å². The maximum atomic E-state index is 12.2. The van der Waals surface area contributed by atoms with Gasteiger partial charge in [-0.3, -0.25) is 4.79 Å². The molecule has 0 amide bonds. The molecule has 1 N–H and O–H groups in total. The number of aromatic nitrogens is 3. The van der Waals surface area contributed by atoms with E-state index in [1.54, 1.807) is 12.5 Å². The summed E-state index contributed by atoms with van der Waals surface area (Å²) in [7, 11) is 1.97. The second kappa shape index (κ2) is 3.45. The summed E-state index contributed by atoms with van der Waals surface area (Å²) in [5.41, 5.74) is 1.87. The number of nitrogens with one attached hydrogen (secondary N) is 1. The van der Waals surface area contributed by atoms with E-state index < -0.39 is 0 Å². The van der Waals surface area contributed by atoms with Gasteiger partial charge in [0.25, 0.3) is 5.56 Å². The highest BCUT2D eigenvalue weighted by Gasteiger charge is 2.13. The number of benzene rings is 2. The van der Waals surface area contributed by atoms with Gasteiger partial charge < -0.3 is 9.55 Å². The molecule has 0 radical (unpaired) electrons. The molecule has 2 aromatic heterocycles. The highest BCUT2D eigenvalue weighted by molar-refractivity contribution is 6.22. The number of imidazole rings is 1. The van der Waals surface area contributed by atoms with E-state index >= 15 is 0 Å². The fraction of sp³-hybridized carbons (Fsp3) is 0.0667. The molecule has 4 heteroatoms. The third kappa shape index (κ3) is 1.23. The van der Waals surface area contributed by atoms with Crippen LogP contribution >= 0.6 is 0 Å². The number of pyridine rings is 1. The van der Waals surface area contributed by atoms with Gasteiger partial charge in [-0.15, -0.1) is 0 Å². The van der Waals surface area contributed by atoms with Crippen LogP contribution in [0, 0.1) is 0 Å². The molecule has 4 aromatic rings. The lowest BCUT2D eigenvalue weighted by Gasteiger charge is -2.06. The lowest BCUT2D eigenvalue weighted by Crippen LogP contribution is -2.05. The Labute approximate surface area is 108 Å². The average Bonchev–Trinajstić information content (AvgIpc) is 2.82. The molecule has 0 unspecified atom stereocenters. The summed E-state index contributed by atoms with van der Waals surface area (Å²) >= 11 is 0. The van der Waals surface area contributed by atoms with E-state index in [2.05, 4.69) is 9.97 Å². The fourth-order valence-electron chi connectivity index (χ4n) is 2.80. The molecular formula is C15H11N3O. The predicted molar refractivity (Wildman–Crippen MR) is 76.3 cm³/mol. The number of aryl methyl sites for hydroxylation is 1. The van der Waals surface area contributed by atoms with Crippen molar-refractivity contribution in [3.05, 3.63) is 53.2 Å². The Bertz CT molecular complexity index is 995. The van der Waals surface area contributed by atoms with E-state index in [1.807, 2.05) is 41.9 Å². The van der Waals surface area contributed by atoms with Crippen molar-refractivity contribution in [2.75, 3.05) is 0 Å². The minimum atomic E-state index is -0.0683. The maximum Gasteiger partial charge on any atom is 0.256 e. The number of H-pyrrole nitrogens is 1. The Hall–Kier alpha value is -2.62. The summed E-state index contributed by atoms with van der Waals surface area (Å²) in [6, 6.07) is 9.87. The second-order valence-corrected chi connectivity index (χ2v) is 4.69. The third-order valence-corrected chi connectivity index (χ3v) is 3.60. The molecule has 92 valence electrons. The molecule has 0 fully saturated rings. The van der Waals surface area contributed by atoms with Crippen LogP contribution in [-0.2, 0) is 7.05 Å². The van der Waals surface area contributed by atoms with E-state index in [4.69, 9.17) is 0 Å². The minimum Gasteiger partial charge on any atom is -0.333 e. The zero-order valence-electron chi connectivity index (χ0n) is 10.3. The first kappa shape index (κ1) is 10.3. The fourth-order valence-corrected chi connectivity index (χ4v) is 2.80. The zero-order chi connectivity index (χ0) is 13.0. The molecule has 2 aromatic carbocycles. The summed E-state index contributed by atoms with van der Waals surface area (Å²) in [4.78, 5) is 19.3. The quantitative estimate of drug-likeness (QED) is 0.487. The summed E-state index contributed by atoms with van der Waals surface area (Å²) in [6.07, 6.45) is 3.46. The molecule has 2 heterocycles. The van der Waals surface area contributed by atoms with Crippen LogP contribution in [-0.4, -0.2) is 14.5 Å². The van der Waals surface area contributed by atoms with Crippen molar-refractivity contribution in [1.82, 2.24) is 14.5 Å². The van der Waals surface area contributed by atoms with Crippen molar-refractivity contribution in [2.24, 2.45) is 7.05 Å². The number of rotatable bonds is 0. The van der Waals surface area contributed by atoms with Gasteiger partial charge in [0.05, 0.1) is 22.7 Å². The van der Waals surface area contributed by atoms with Gasteiger partial charge in [-0.2, -0.15) is 0 Å². The lowest BCUT2D eigenvalue weighted by atomic mass is 10.0. The van der Waals surface area contributed by atoms with Gasteiger partial charge in [0, 0.05) is 24.0 Å². The molecule has 4 nitrogen and oxygen atoms in total. The van der Waals surface area contributed by atoms with Gasteiger partial charge in [-0.25, -0.2) is 4.98 Å². The van der Waals surface area contributed by atoms with Crippen molar-refractivity contribution in [3.63, 3.8) is 0 Å². The molecule has 0 aliphatic rings. The van der Waals surface area contributed by atoms with Crippen LogP contribution in [0.3, 0.4) is 0 Å². The molecule has 0 saturated heterocycles. The molecular weight excluding hydrogens is 238 g/mol. The van der Waals surface area contributed by atoms with Crippen LogP contribution in [0.25, 0.3) is 32.6 Å². The molecule has 0 bridgehead atoms. The van der Waals surface area contributed by atoms with E-state index in [1.165, 1.54) is 0 Å². The van der Waals surface area contributed by atoms with Crippen molar-refractivity contribution >= 4 is 32.6 Å². The molecule has 0 saturated carbocycles. The Morgan fingerprint density at radius 2 is 1.89 bits per heavy atom. The highest BCUT2D eigenvalue weighted by atomic mass is 16.1. The standard InChI is InChI=1S/C15H11N3O/c1-18-8-17-13-11-6-7-16-15(19)12(11)9-4-2-3-5-10(9)14(13)18/h2-8H,1H3,(H,16,19). The molecule has 0 aliphatic heterocycles. The van der Waals surface area contributed by atoms with Crippen LogP contribution in [0.5, 0.6) is 0 Å². The Balaban J connectivity index is 2.53. The summed E-state index contributed by atoms with van der Waals surface area (Å²) in [6.45, 7) is 0. The minimum absolute atomic E-state index is 0.0683. The molecule has 0 aliphatic carbocycles. The van der Waals surface area contributed by atoms with Crippen molar-refractivity contribution < 1.29 is 0 Å². The highest BCUT2D eigenvalue weighted by Crippen LogP contribution is 2.31. The van der Waals surface area contributed by atoms with Gasteiger partial charge in [0.1, 0.15) is 0 Å². The van der Waals surface area contributed by atoms with E-state index in [0.717, 1.165) is 27.2 Å². The van der Waals surface area contributed by atoms with Crippen molar-refractivity contribution in [2.45, 2.75) is 0 Å². The SMILES string of the molecule is Cn1cnc2c3cc[nH]c(=O)c3c3ccccc3c21. The van der Waals surface area contributed by atoms with Gasteiger partial charge >= 0.3 is 0 Å². The normalized spacial score (nSPS) is 11.6. The first-order valence-electron chi connectivity index (χ1n) is 6.10. The largest absolute Gasteiger partial charge is 0.333 e. The first-order chi connectivity index (χ1) is 9.27. The Kier molecular flexibility index (Phi) is 1.87. The van der Waals surface area contributed by atoms with E-state index in [9.17, 15) is 4.79 Å². The monoisotopic (exact) mass is 249 g/mol. The first-order valence-corrected chi connectivity index (χ1v) is 6.10. The molecule has 0 atom stereocenters. The lowest BCUT2D eigenvalue weighted by molar-refractivity contribution is 0.951. The van der Waals surface area contributed by atoms with Crippen LogP contribution in [0.1, 0.15) is 0 Å². The summed E-state index contributed by atoms with van der Waals surface area (Å²) in [5.74, 6) is 0. The number of nitrogens with zero attached hydrogens (tertiary/aromatic N) is 2. The van der Waals surface area contributed by atoms with Gasteiger partial charge in [-0.1, -0.05) is 24.3 Å². The van der Waals surface area contributed by atoms with Gasteiger partial charge in [0.2, 0.25) is 0 Å². The van der Waals surface area contributed by atoms with Crippen molar-refractivity contribution in [3.8, 4) is 0 Å². The summed E-state index contributed by atoms with van der Waals surface area (Å²) in [5, 5.41) is 3.64. The Morgan fingerprint density at radius 1 is 1.11 bits per heavy atom. The number of fused-ring (bicyclic) bond motifs is 6. The molecule has 0 spiro atoms. The van der Waals surface area contributed by atoms with Crippen LogP contribution in [0.15, 0.2) is 47.7 Å². The predicted octanol–water partition coefficient (Wildman–Crippen LogP) is 2.57. The molecule has 19 heavy (non-hydrogen) atoms. The van der Waals surface area contributed by atoms with E-state index in [-0.39, 0.29) is 5.56 Å². The maximum absolute atomic E-state index is 12.2. The average molecular weight is 249 g/mol. The van der Waals surface area contributed by atoms with Crippen molar-refractivity contribution in [1.29, 1.82) is 0 Å².